The van der Waals surface area contributed by atoms with Crippen molar-refractivity contribution in [2.75, 3.05) is 7.11 Å². The quantitative estimate of drug-likeness (QED) is 0.754. The predicted molar refractivity (Wildman–Crippen MR) is 54.1 cm³/mol. The van der Waals surface area contributed by atoms with Gasteiger partial charge in [0.05, 0.1) is 12.7 Å². The molecule has 1 heterocycles. The second-order valence-corrected chi connectivity index (χ2v) is 3.23. The van der Waals surface area contributed by atoms with Crippen molar-refractivity contribution in [1.29, 1.82) is 0 Å². The van der Waals surface area contributed by atoms with Crippen molar-refractivity contribution in [3.8, 4) is 5.75 Å². The van der Waals surface area contributed by atoms with Crippen LogP contribution < -0.4 is 10.1 Å². The van der Waals surface area contributed by atoms with Gasteiger partial charge in [-0.1, -0.05) is 6.07 Å². The molecular weight excluding hydrogens is 213 g/mol. The fourth-order valence-corrected chi connectivity index (χ4v) is 1.46. The van der Waals surface area contributed by atoms with Crippen LogP contribution in [-0.4, -0.2) is 18.9 Å². The molecule has 1 N–H and O–H groups in total. The highest BCUT2D eigenvalue weighted by Crippen LogP contribution is 2.24. The van der Waals surface area contributed by atoms with Crippen molar-refractivity contribution in [3.63, 3.8) is 0 Å². The summed E-state index contributed by atoms with van der Waals surface area (Å²) >= 11 is 0. The van der Waals surface area contributed by atoms with Crippen LogP contribution in [0.4, 0.5) is 4.39 Å². The number of hydrogen-bond acceptors (Lipinski definition) is 3. The van der Waals surface area contributed by atoms with Gasteiger partial charge in [0.1, 0.15) is 0 Å². The van der Waals surface area contributed by atoms with Crippen molar-refractivity contribution in [3.05, 3.63) is 35.7 Å². The maximum absolute atomic E-state index is 13.4. The zero-order chi connectivity index (χ0) is 11.7. The number of methoxy groups -OCH3 is 1. The largest absolute Gasteiger partial charge is 0.494 e. The lowest BCUT2D eigenvalue weighted by atomic mass is 10.1. The van der Waals surface area contributed by atoms with Crippen molar-refractivity contribution in [2.24, 2.45) is 0 Å². The zero-order valence-electron chi connectivity index (χ0n) is 8.41. The first-order valence-electron chi connectivity index (χ1n) is 4.52. The molecule has 2 rings (SSSR count). The van der Waals surface area contributed by atoms with E-state index in [-0.39, 0.29) is 11.3 Å². The standard InChI is InChI=1S/C11H8FNO3/c1-16-9-3-2-6(4-8(9)12)7-5-10(14)13-11(7)15/h2-5H,1H3,(H,13,14,15). The van der Waals surface area contributed by atoms with Gasteiger partial charge >= 0.3 is 0 Å². The first kappa shape index (κ1) is 10.4. The van der Waals surface area contributed by atoms with Gasteiger partial charge in [-0.25, -0.2) is 4.39 Å². The number of hydrogen-bond donors (Lipinski definition) is 1. The number of ether oxygens (including phenoxy) is 1. The van der Waals surface area contributed by atoms with Crippen LogP contribution in [0, 0.1) is 5.82 Å². The summed E-state index contributed by atoms with van der Waals surface area (Å²) in [5, 5.41) is 2.09. The van der Waals surface area contributed by atoms with Crippen LogP contribution in [0.5, 0.6) is 5.75 Å². The maximum atomic E-state index is 13.4. The Morgan fingerprint density at radius 1 is 1.31 bits per heavy atom. The number of nitrogens with one attached hydrogen (secondary N) is 1. The molecule has 0 saturated heterocycles. The van der Waals surface area contributed by atoms with E-state index in [9.17, 15) is 14.0 Å². The van der Waals surface area contributed by atoms with Gasteiger partial charge in [0.15, 0.2) is 11.6 Å². The number of benzene rings is 1. The van der Waals surface area contributed by atoms with E-state index in [0.29, 0.717) is 5.56 Å². The summed E-state index contributed by atoms with van der Waals surface area (Å²) in [5.74, 6) is -1.49. The normalized spacial score (nSPS) is 14.8. The third-order valence-corrected chi connectivity index (χ3v) is 2.22. The van der Waals surface area contributed by atoms with Gasteiger partial charge in [-0.15, -0.1) is 0 Å². The van der Waals surface area contributed by atoms with Crippen LogP contribution >= 0.6 is 0 Å². The molecule has 0 bridgehead atoms. The van der Waals surface area contributed by atoms with Crippen molar-refractivity contribution in [2.45, 2.75) is 0 Å². The van der Waals surface area contributed by atoms with Crippen molar-refractivity contribution >= 4 is 17.4 Å². The molecule has 0 fully saturated rings. The fraction of sp³-hybridized carbons (Fsp3) is 0.0909. The Hall–Kier alpha value is -2.17. The van der Waals surface area contributed by atoms with Crippen LogP contribution in [0.15, 0.2) is 24.3 Å². The maximum Gasteiger partial charge on any atom is 0.258 e. The average Bonchev–Trinajstić information content (AvgIpc) is 2.58. The summed E-state index contributed by atoms with van der Waals surface area (Å²) in [7, 11) is 1.35. The molecule has 0 aromatic heterocycles. The number of carbonyl (C=O) groups is 2. The van der Waals surface area contributed by atoms with Gasteiger partial charge in [-0.05, 0) is 17.7 Å². The molecule has 1 aromatic carbocycles. The molecule has 0 radical (unpaired) electrons. The van der Waals surface area contributed by atoms with Gasteiger partial charge in [0, 0.05) is 6.08 Å². The third-order valence-electron chi connectivity index (χ3n) is 2.22. The summed E-state index contributed by atoms with van der Waals surface area (Å²) in [6.45, 7) is 0. The smallest absolute Gasteiger partial charge is 0.258 e. The highest BCUT2D eigenvalue weighted by molar-refractivity contribution is 6.33. The van der Waals surface area contributed by atoms with E-state index in [1.165, 1.54) is 19.2 Å². The first-order chi connectivity index (χ1) is 7.61. The SMILES string of the molecule is COc1ccc(C2=CC(=O)NC2=O)cc1F. The van der Waals surface area contributed by atoms with Crippen LogP contribution in [0.2, 0.25) is 0 Å². The van der Waals surface area contributed by atoms with Crippen LogP contribution in [0.25, 0.3) is 5.57 Å². The molecule has 1 aliphatic heterocycles. The Balaban J connectivity index is 2.42. The minimum atomic E-state index is -0.576. The van der Waals surface area contributed by atoms with E-state index in [2.05, 4.69) is 5.32 Å². The summed E-state index contributed by atoms with van der Waals surface area (Å²) in [6, 6.07) is 4.08. The highest BCUT2D eigenvalue weighted by Gasteiger charge is 2.22. The number of carbonyl (C=O) groups excluding carboxylic acids is 2. The monoisotopic (exact) mass is 221 g/mol. The van der Waals surface area contributed by atoms with Gasteiger partial charge in [-0.3, -0.25) is 14.9 Å². The number of imide groups is 1. The van der Waals surface area contributed by atoms with Gasteiger partial charge in [-0.2, -0.15) is 0 Å². The lowest BCUT2D eigenvalue weighted by Crippen LogP contribution is -2.21. The number of halogens is 1. The average molecular weight is 221 g/mol. The number of rotatable bonds is 2. The summed E-state index contributed by atoms with van der Waals surface area (Å²) in [4.78, 5) is 22.2. The molecule has 1 aliphatic rings. The topological polar surface area (TPSA) is 55.4 Å². The van der Waals surface area contributed by atoms with E-state index in [1.54, 1.807) is 0 Å². The summed E-state index contributed by atoms with van der Waals surface area (Å²) in [5.41, 5.74) is 0.508. The lowest BCUT2D eigenvalue weighted by molar-refractivity contribution is -0.123. The Morgan fingerprint density at radius 2 is 2.06 bits per heavy atom. The van der Waals surface area contributed by atoms with E-state index < -0.39 is 17.6 Å². The van der Waals surface area contributed by atoms with E-state index in [1.807, 2.05) is 0 Å². The van der Waals surface area contributed by atoms with Crippen molar-refractivity contribution in [1.82, 2.24) is 5.32 Å². The minimum Gasteiger partial charge on any atom is -0.494 e. The summed E-state index contributed by atoms with van der Waals surface area (Å²) < 4.78 is 18.1. The predicted octanol–water partition coefficient (Wildman–Crippen LogP) is 0.874. The lowest BCUT2D eigenvalue weighted by Gasteiger charge is -2.04. The van der Waals surface area contributed by atoms with Crippen LogP contribution in [0.1, 0.15) is 5.56 Å². The molecule has 16 heavy (non-hydrogen) atoms. The molecule has 2 amide bonds. The molecule has 82 valence electrons. The molecule has 0 atom stereocenters. The molecule has 0 spiro atoms. The molecular formula is C11H8FNO3. The molecule has 1 aromatic rings. The third kappa shape index (κ3) is 1.67. The van der Waals surface area contributed by atoms with E-state index in [4.69, 9.17) is 4.74 Å². The minimum absolute atomic E-state index is 0.0917. The Morgan fingerprint density at radius 3 is 2.56 bits per heavy atom. The molecule has 0 saturated carbocycles. The molecule has 0 unspecified atom stereocenters. The fourth-order valence-electron chi connectivity index (χ4n) is 1.46. The summed E-state index contributed by atoms with van der Waals surface area (Å²) in [6.07, 6.45) is 1.14. The Bertz CT molecular complexity index is 508. The Labute approximate surface area is 90.7 Å². The molecule has 5 heteroatoms. The second kappa shape index (κ2) is 3.77. The number of amides is 2. The van der Waals surface area contributed by atoms with E-state index >= 15 is 0 Å². The highest BCUT2D eigenvalue weighted by atomic mass is 19.1. The van der Waals surface area contributed by atoms with Crippen molar-refractivity contribution < 1.29 is 18.7 Å². The van der Waals surface area contributed by atoms with Gasteiger partial charge in [0.2, 0.25) is 0 Å². The second-order valence-electron chi connectivity index (χ2n) is 3.23. The van der Waals surface area contributed by atoms with Gasteiger partial charge in [0.25, 0.3) is 11.8 Å². The first-order valence-corrected chi connectivity index (χ1v) is 4.52. The molecule has 4 nitrogen and oxygen atoms in total. The molecule has 0 aliphatic carbocycles. The van der Waals surface area contributed by atoms with E-state index in [0.717, 1.165) is 12.1 Å². The zero-order valence-corrected chi connectivity index (χ0v) is 8.41. The Kier molecular flexibility index (Phi) is 2.44. The van der Waals surface area contributed by atoms with Crippen LogP contribution in [-0.2, 0) is 9.59 Å². The van der Waals surface area contributed by atoms with Crippen LogP contribution in [0.3, 0.4) is 0 Å². The van der Waals surface area contributed by atoms with Gasteiger partial charge < -0.3 is 4.74 Å².